The normalized spacial score (nSPS) is 10.1. The number of aryl methyl sites for hydroxylation is 1. The first-order valence-electron chi connectivity index (χ1n) is 5.34. The van der Waals surface area contributed by atoms with Crippen molar-refractivity contribution in [2.45, 2.75) is 6.92 Å². The number of rotatable bonds is 6. The zero-order valence-corrected chi connectivity index (χ0v) is 12.9. The van der Waals surface area contributed by atoms with Crippen LogP contribution in [0.5, 0.6) is 0 Å². The van der Waals surface area contributed by atoms with E-state index in [1.165, 1.54) is 11.8 Å². The fourth-order valence-electron chi connectivity index (χ4n) is 1.30. The lowest BCUT2D eigenvalue weighted by atomic mass is 10.1. The van der Waals surface area contributed by atoms with E-state index in [0.717, 1.165) is 9.13 Å². The van der Waals surface area contributed by atoms with E-state index < -0.39 is 5.97 Å². The summed E-state index contributed by atoms with van der Waals surface area (Å²) in [5.41, 5.74) is 1.71. The van der Waals surface area contributed by atoms with Gasteiger partial charge in [0, 0.05) is 15.9 Å². The molecule has 0 aliphatic heterocycles. The first kappa shape index (κ1) is 15.3. The molecule has 2 N–H and O–H groups in total. The predicted molar refractivity (Wildman–Crippen MR) is 81.2 cm³/mol. The largest absolute Gasteiger partial charge is 0.481 e. The lowest BCUT2D eigenvalue weighted by Crippen LogP contribution is -2.26. The van der Waals surface area contributed by atoms with E-state index in [1.807, 2.05) is 25.1 Å². The van der Waals surface area contributed by atoms with E-state index in [1.54, 1.807) is 0 Å². The molecular weight excluding hydrogens is 365 g/mol. The van der Waals surface area contributed by atoms with Crippen molar-refractivity contribution in [3.63, 3.8) is 0 Å². The molecule has 4 nitrogen and oxygen atoms in total. The Labute approximate surface area is 124 Å². The van der Waals surface area contributed by atoms with Crippen LogP contribution in [0.15, 0.2) is 18.2 Å². The summed E-state index contributed by atoms with van der Waals surface area (Å²) in [5.74, 6) is -0.281. The second kappa shape index (κ2) is 7.63. The molecule has 1 aromatic carbocycles. The first-order chi connectivity index (χ1) is 8.50. The van der Waals surface area contributed by atoms with Gasteiger partial charge in [0.1, 0.15) is 0 Å². The van der Waals surface area contributed by atoms with Gasteiger partial charge in [0.25, 0.3) is 5.91 Å². The van der Waals surface area contributed by atoms with Crippen LogP contribution in [0.25, 0.3) is 0 Å². The van der Waals surface area contributed by atoms with Gasteiger partial charge in [-0.25, -0.2) is 0 Å². The minimum absolute atomic E-state index is 0.0673. The van der Waals surface area contributed by atoms with Crippen LogP contribution in [0.3, 0.4) is 0 Å². The highest BCUT2D eigenvalue weighted by Gasteiger charge is 2.09. The number of hydrogen-bond donors (Lipinski definition) is 2. The third-order valence-corrected chi connectivity index (χ3v) is 4.01. The van der Waals surface area contributed by atoms with E-state index in [9.17, 15) is 9.59 Å². The molecule has 0 radical (unpaired) electrons. The quantitative estimate of drug-likeness (QED) is 0.587. The lowest BCUT2D eigenvalue weighted by Gasteiger charge is -2.07. The van der Waals surface area contributed by atoms with Gasteiger partial charge >= 0.3 is 5.97 Å². The third kappa shape index (κ3) is 5.26. The van der Waals surface area contributed by atoms with E-state index >= 15 is 0 Å². The molecule has 0 heterocycles. The van der Waals surface area contributed by atoms with Crippen molar-refractivity contribution in [1.29, 1.82) is 0 Å². The zero-order chi connectivity index (χ0) is 13.5. The Hall–Kier alpha value is -0.760. The second-order valence-electron chi connectivity index (χ2n) is 3.69. The number of hydrogen-bond acceptors (Lipinski definition) is 3. The van der Waals surface area contributed by atoms with Gasteiger partial charge in [0.15, 0.2) is 0 Å². The molecule has 1 rings (SSSR count). The maximum Gasteiger partial charge on any atom is 0.313 e. The summed E-state index contributed by atoms with van der Waals surface area (Å²) in [7, 11) is 0. The summed E-state index contributed by atoms with van der Waals surface area (Å²) in [6.07, 6.45) is 0. The summed E-state index contributed by atoms with van der Waals surface area (Å²) >= 11 is 3.42. The number of benzene rings is 1. The van der Waals surface area contributed by atoms with Crippen LogP contribution in [-0.2, 0) is 4.79 Å². The van der Waals surface area contributed by atoms with Crippen LogP contribution in [-0.4, -0.2) is 35.0 Å². The average Bonchev–Trinajstić information content (AvgIpc) is 2.31. The first-order valence-corrected chi connectivity index (χ1v) is 7.58. The van der Waals surface area contributed by atoms with Crippen molar-refractivity contribution in [2.75, 3.05) is 18.1 Å². The number of aliphatic carboxylic acids is 1. The van der Waals surface area contributed by atoms with Crippen LogP contribution in [0, 0.1) is 10.5 Å². The van der Waals surface area contributed by atoms with Crippen LogP contribution in [0.4, 0.5) is 0 Å². The molecule has 0 aromatic heterocycles. The molecule has 0 saturated heterocycles. The van der Waals surface area contributed by atoms with Crippen LogP contribution in [0.1, 0.15) is 15.9 Å². The maximum atomic E-state index is 11.9. The monoisotopic (exact) mass is 379 g/mol. The van der Waals surface area contributed by atoms with Gasteiger partial charge in [0.05, 0.1) is 11.3 Å². The molecule has 6 heteroatoms. The van der Waals surface area contributed by atoms with Crippen molar-refractivity contribution in [1.82, 2.24) is 5.32 Å². The summed E-state index contributed by atoms with van der Waals surface area (Å²) in [4.78, 5) is 22.2. The van der Waals surface area contributed by atoms with Crippen LogP contribution >= 0.6 is 34.4 Å². The number of carboxylic acid groups (broad SMARTS) is 1. The van der Waals surface area contributed by atoms with E-state index in [4.69, 9.17) is 5.11 Å². The SMILES string of the molecule is Cc1ccc(I)c(C(=O)NCCSCC(=O)O)c1. The fourth-order valence-corrected chi connectivity index (χ4v) is 2.45. The standard InChI is InChI=1S/C12H14INO3S/c1-8-2-3-10(13)9(6-8)12(17)14-4-5-18-7-11(15)16/h2-3,6H,4-5,7H2,1H3,(H,14,17)(H,15,16). The molecule has 98 valence electrons. The van der Waals surface area contributed by atoms with Crippen molar-refractivity contribution < 1.29 is 14.7 Å². The molecule has 18 heavy (non-hydrogen) atoms. The molecular formula is C12H14INO3S. The number of nitrogens with one attached hydrogen (secondary N) is 1. The maximum absolute atomic E-state index is 11.9. The summed E-state index contributed by atoms with van der Waals surface area (Å²) < 4.78 is 0.911. The van der Waals surface area contributed by atoms with Crippen LogP contribution in [0.2, 0.25) is 0 Å². The number of carbonyl (C=O) groups excluding carboxylic acids is 1. The molecule has 0 unspecified atom stereocenters. The average molecular weight is 379 g/mol. The van der Waals surface area contributed by atoms with E-state index in [2.05, 4.69) is 27.9 Å². The van der Waals surface area contributed by atoms with Gasteiger partial charge in [-0.15, -0.1) is 11.8 Å². The number of amides is 1. The molecule has 0 bridgehead atoms. The Kier molecular flexibility index (Phi) is 6.48. The van der Waals surface area contributed by atoms with Crippen molar-refractivity contribution >= 4 is 46.2 Å². The Morgan fingerprint density at radius 3 is 2.83 bits per heavy atom. The highest BCUT2D eigenvalue weighted by Crippen LogP contribution is 2.14. The van der Waals surface area contributed by atoms with Crippen molar-refractivity contribution in [3.8, 4) is 0 Å². The minimum Gasteiger partial charge on any atom is -0.481 e. The number of halogens is 1. The van der Waals surface area contributed by atoms with Gasteiger partial charge in [-0.3, -0.25) is 9.59 Å². The van der Waals surface area contributed by atoms with E-state index in [0.29, 0.717) is 17.9 Å². The Bertz CT molecular complexity index is 451. The van der Waals surface area contributed by atoms with Crippen LogP contribution < -0.4 is 5.32 Å². The lowest BCUT2D eigenvalue weighted by molar-refractivity contribution is -0.133. The smallest absolute Gasteiger partial charge is 0.313 e. The minimum atomic E-state index is -0.834. The number of carboxylic acids is 1. The second-order valence-corrected chi connectivity index (χ2v) is 5.95. The molecule has 0 spiro atoms. The Balaban J connectivity index is 2.41. The summed E-state index contributed by atoms with van der Waals surface area (Å²) in [6.45, 7) is 2.41. The molecule has 0 saturated carbocycles. The summed E-state index contributed by atoms with van der Waals surface area (Å²) in [5, 5.41) is 11.2. The molecule has 0 atom stereocenters. The fraction of sp³-hybridized carbons (Fsp3) is 0.333. The van der Waals surface area contributed by atoms with Crippen molar-refractivity contribution in [3.05, 3.63) is 32.9 Å². The molecule has 0 aliphatic rings. The van der Waals surface area contributed by atoms with Gasteiger partial charge < -0.3 is 10.4 Å². The van der Waals surface area contributed by atoms with Gasteiger partial charge in [-0.2, -0.15) is 0 Å². The van der Waals surface area contributed by atoms with Gasteiger partial charge in [0.2, 0.25) is 0 Å². The zero-order valence-electron chi connectivity index (χ0n) is 9.90. The molecule has 1 amide bonds. The molecule has 0 aliphatic carbocycles. The molecule has 0 fully saturated rings. The highest BCUT2D eigenvalue weighted by molar-refractivity contribution is 14.1. The van der Waals surface area contributed by atoms with Gasteiger partial charge in [-0.05, 0) is 41.6 Å². The highest BCUT2D eigenvalue weighted by atomic mass is 127. The van der Waals surface area contributed by atoms with E-state index in [-0.39, 0.29) is 11.7 Å². The summed E-state index contributed by atoms with van der Waals surface area (Å²) in [6, 6.07) is 5.72. The topological polar surface area (TPSA) is 66.4 Å². The number of carbonyl (C=O) groups is 2. The Morgan fingerprint density at radius 1 is 1.44 bits per heavy atom. The third-order valence-electron chi connectivity index (χ3n) is 2.12. The number of thioether (sulfide) groups is 1. The predicted octanol–water partition coefficient (Wildman–Crippen LogP) is 2.15. The molecule has 1 aromatic rings. The van der Waals surface area contributed by atoms with Gasteiger partial charge in [-0.1, -0.05) is 11.6 Å². The van der Waals surface area contributed by atoms with Crippen molar-refractivity contribution in [2.24, 2.45) is 0 Å². The Morgan fingerprint density at radius 2 is 2.17 bits per heavy atom.